The molecule has 0 saturated heterocycles. The van der Waals surface area contributed by atoms with Gasteiger partial charge in [-0.05, 0) is 36.0 Å². The van der Waals surface area contributed by atoms with E-state index in [9.17, 15) is 0 Å². The fourth-order valence-corrected chi connectivity index (χ4v) is 2.13. The van der Waals surface area contributed by atoms with Gasteiger partial charge in [0, 0.05) is 0 Å². The predicted octanol–water partition coefficient (Wildman–Crippen LogP) is 5.77. The number of rotatable bonds is 8. The van der Waals surface area contributed by atoms with Crippen molar-refractivity contribution in [2.75, 3.05) is 0 Å². The van der Waals surface area contributed by atoms with Crippen LogP contribution in [0.15, 0.2) is 0 Å². The van der Waals surface area contributed by atoms with E-state index in [2.05, 4.69) is 48.5 Å². The van der Waals surface area contributed by atoms with Crippen molar-refractivity contribution in [3.63, 3.8) is 0 Å². The van der Waals surface area contributed by atoms with Crippen LogP contribution in [0.25, 0.3) is 0 Å². The Morgan fingerprint density at radius 2 is 1.25 bits per heavy atom. The molecule has 0 nitrogen and oxygen atoms in total. The Hall–Kier alpha value is 0. The summed E-state index contributed by atoms with van der Waals surface area (Å²) in [4.78, 5) is 0. The minimum absolute atomic E-state index is 0.837. The van der Waals surface area contributed by atoms with E-state index in [1.165, 1.54) is 25.7 Å². The fourth-order valence-electron chi connectivity index (χ4n) is 2.13. The minimum atomic E-state index is 0.837. The van der Waals surface area contributed by atoms with Gasteiger partial charge in [0.05, 0.1) is 0 Å². The van der Waals surface area contributed by atoms with Crippen LogP contribution in [0.3, 0.4) is 0 Å². The fraction of sp³-hybridized carbons (Fsp3) is 1.00. The molecule has 0 aromatic carbocycles. The third kappa shape index (κ3) is 6.55. The van der Waals surface area contributed by atoms with Crippen LogP contribution in [-0.4, -0.2) is 0 Å². The van der Waals surface area contributed by atoms with Crippen molar-refractivity contribution in [1.82, 2.24) is 0 Å². The molecule has 0 heteroatoms. The normalized spacial score (nSPS) is 19.5. The van der Waals surface area contributed by atoms with Crippen LogP contribution in [0.5, 0.6) is 0 Å². The highest BCUT2D eigenvalue weighted by atomic mass is 14.2. The largest absolute Gasteiger partial charge is 0.0651 e. The molecular weight excluding hydrogens is 192 g/mol. The third-order valence-electron chi connectivity index (χ3n) is 4.66. The maximum Gasteiger partial charge on any atom is -0.0414 e. The lowest BCUT2D eigenvalue weighted by Crippen LogP contribution is -2.15. The minimum Gasteiger partial charge on any atom is -0.0651 e. The highest BCUT2D eigenvalue weighted by molar-refractivity contribution is 4.68. The Morgan fingerprint density at radius 3 is 1.69 bits per heavy atom. The van der Waals surface area contributed by atoms with Gasteiger partial charge in [-0.15, -0.1) is 0 Å². The molecule has 0 aliphatic heterocycles. The number of hydrogen-bond acceptors (Lipinski definition) is 0. The van der Waals surface area contributed by atoms with Crippen LogP contribution in [0.2, 0.25) is 0 Å². The summed E-state index contributed by atoms with van der Waals surface area (Å²) in [5.41, 5.74) is 0. The van der Waals surface area contributed by atoms with Gasteiger partial charge < -0.3 is 0 Å². The summed E-state index contributed by atoms with van der Waals surface area (Å²) in [5, 5.41) is 0. The smallest absolute Gasteiger partial charge is 0.0414 e. The molecule has 0 aliphatic carbocycles. The summed E-state index contributed by atoms with van der Waals surface area (Å²) in [6.45, 7) is 16.7. The molecule has 0 radical (unpaired) electrons. The zero-order valence-corrected chi connectivity index (χ0v) is 12.7. The van der Waals surface area contributed by atoms with Crippen LogP contribution in [-0.2, 0) is 0 Å². The van der Waals surface area contributed by atoms with Crippen molar-refractivity contribution < 1.29 is 0 Å². The first-order chi connectivity index (χ1) is 7.38. The van der Waals surface area contributed by atoms with E-state index in [0.29, 0.717) is 0 Å². The van der Waals surface area contributed by atoms with Gasteiger partial charge >= 0.3 is 0 Å². The average Bonchev–Trinajstić information content (AvgIpc) is 2.24. The first-order valence-electron chi connectivity index (χ1n) is 7.38. The van der Waals surface area contributed by atoms with Gasteiger partial charge in [-0.25, -0.2) is 0 Å². The zero-order valence-electron chi connectivity index (χ0n) is 12.7. The first-order valence-corrected chi connectivity index (χ1v) is 7.38. The lowest BCUT2D eigenvalue weighted by atomic mass is 9.80. The van der Waals surface area contributed by atoms with Gasteiger partial charge in [0.15, 0.2) is 0 Å². The number of hydrogen-bond donors (Lipinski definition) is 0. The van der Waals surface area contributed by atoms with E-state index in [-0.39, 0.29) is 0 Å². The molecule has 0 amide bonds. The maximum absolute atomic E-state index is 2.44. The van der Waals surface area contributed by atoms with Crippen molar-refractivity contribution in [1.29, 1.82) is 0 Å². The molecule has 0 aliphatic rings. The van der Waals surface area contributed by atoms with Crippen molar-refractivity contribution in [3.05, 3.63) is 0 Å². The van der Waals surface area contributed by atoms with Crippen LogP contribution in [0, 0.1) is 29.6 Å². The molecule has 98 valence electrons. The SMILES string of the molecule is CCC(C)CCC(C)C(C)CC(C)C(C)C. The third-order valence-corrected chi connectivity index (χ3v) is 4.66. The highest BCUT2D eigenvalue weighted by Crippen LogP contribution is 2.28. The van der Waals surface area contributed by atoms with E-state index in [4.69, 9.17) is 0 Å². The molecule has 16 heavy (non-hydrogen) atoms. The van der Waals surface area contributed by atoms with Crippen LogP contribution >= 0.6 is 0 Å². The van der Waals surface area contributed by atoms with Crippen LogP contribution in [0.1, 0.15) is 74.1 Å². The summed E-state index contributed by atoms with van der Waals surface area (Å²) < 4.78 is 0. The summed E-state index contributed by atoms with van der Waals surface area (Å²) in [6, 6.07) is 0. The summed E-state index contributed by atoms with van der Waals surface area (Å²) in [7, 11) is 0. The van der Waals surface area contributed by atoms with E-state index in [1.54, 1.807) is 0 Å². The van der Waals surface area contributed by atoms with Gasteiger partial charge in [0.2, 0.25) is 0 Å². The lowest BCUT2D eigenvalue weighted by Gasteiger charge is -2.26. The topological polar surface area (TPSA) is 0 Å². The molecule has 0 heterocycles. The van der Waals surface area contributed by atoms with Crippen molar-refractivity contribution >= 4 is 0 Å². The van der Waals surface area contributed by atoms with Crippen LogP contribution < -0.4 is 0 Å². The van der Waals surface area contributed by atoms with E-state index >= 15 is 0 Å². The molecule has 0 aromatic heterocycles. The second-order valence-corrected chi connectivity index (χ2v) is 6.50. The molecule has 0 aromatic rings. The lowest BCUT2D eigenvalue weighted by molar-refractivity contribution is 0.252. The molecule has 0 bridgehead atoms. The summed E-state index contributed by atoms with van der Waals surface area (Å²) in [5.74, 6) is 4.42. The quantitative estimate of drug-likeness (QED) is 0.493. The average molecular weight is 226 g/mol. The zero-order chi connectivity index (χ0) is 12.7. The molecular formula is C16H34. The molecule has 0 spiro atoms. The molecule has 4 unspecified atom stereocenters. The molecule has 4 atom stereocenters. The van der Waals surface area contributed by atoms with Gasteiger partial charge in [-0.2, -0.15) is 0 Å². The highest BCUT2D eigenvalue weighted by Gasteiger charge is 2.17. The van der Waals surface area contributed by atoms with Crippen molar-refractivity contribution in [3.8, 4) is 0 Å². The first kappa shape index (κ1) is 16.0. The second-order valence-electron chi connectivity index (χ2n) is 6.50. The summed E-state index contributed by atoms with van der Waals surface area (Å²) in [6.07, 6.45) is 5.57. The van der Waals surface area contributed by atoms with Gasteiger partial charge in [0.1, 0.15) is 0 Å². The van der Waals surface area contributed by atoms with Gasteiger partial charge in [-0.1, -0.05) is 67.7 Å². The van der Waals surface area contributed by atoms with Crippen molar-refractivity contribution in [2.45, 2.75) is 74.1 Å². The Kier molecular flexibility index (Phi) is 8.14. The van der Waals surface area contributed by atoms with Crippen LogP contribution in [0.4, 0.5) is 0 Å². The van der Waals surface area contributed by atoms with E-state index in [1.807, 2.05) is 0 Å². The Morgan fingerprint density at radius 1 is 0.688 bits per heavy atom. The Balaban J connectivity index is 3.85. The Bertz CT molecular complexity index is 159. The monoisotopic (exact) mass is 226 g/mol. The Labute approximate surface area is 104 Å². The van der Waals surface area contributed by atoms with E-state index < -0.39 is 0 Å². The van der Waals surface area contributed by atoms with Crippen molar-refractivity contribution in [2.24, 2.45) is 29.6 Å². The molecule has 0 saturated carbocycles. The standard InChI is InChI=1S/C16H34/c1-8-13(4)9-10-14(5)16(7)11-15(6)12(2)3/h12-16H,8-11H2,1-7H3. The van der Waals surface area contributed by atoms with E-state index in [0.717, 1.165) is 29.6 Å². The maximum atomic E-state index is 2.44. The van der Waals surface area contributed by atoms with Gasteiger partial charge in [-0.3, -0.25) is 0 Å². The predicted molar refractivity (Wildman–Crippen MR) is 75.6 cm³/mol. The second kappa shape index (κ2) is 8.14. The van der Waals surface area contributed by atoms with Gasteiger partial charge in [0.25, 0.3) is 0 Å². The molecule has 0 N–H and O–H groups in total. The summed E-state index contributed by atoms with van der Waals surface area (Å²) >= 11 is 0. The molecule has 0 fully saturated rings. The molecule has 0 rings (SSSR count).